The van der Waals surface area contributed by atoms with Gasteiger partial charge in [0, 0.05) is 12.1 Å². The lowest BCUT2D eigenvalue weighted by molar-refractivity contribution is 0.231. The lowest BCUT2D eigenvalue weighted by Gasteiger charge is -2.15. The first-order valence-electron chi connectivity index (χ1n) is 6.35. The number of nitrogens with two attached hydrogens (primary N) is 1. The smallest absolute Gasteiger partial charge is 0.182 e. The fourth-order valence-electron chi connectivity index (χ4n) is 1.77. The minimum absolute atomic E-state index is 0.0153. The van der Waals surface area contributed by atoms with Crippen LogP contribution in [0.3, 0.4) is 0 Å². The van der Waals surface area contributed by atoms with Gasteiger partial charge >= 0.3 is 0 Å². The number of hydrogen-bond acceptors (Lipinski definition) is 3. The monoisotopic (exact) mass is 296 g/mol. The summed E-state index contributed by atoms with van der Waals surface area (Å²) in [6.07, 6.45) is -0.234. The molecular weight excluding hydrogens is 281 g/mol. The highest BCUT2D eigenvalue weighted by Gasteiger charge is 2.13. The van der Waals surface area contributed by atoms with Gasteiger partial charge in [0.15, 0.2) is 23.2 Å². The standard InChI is InChI=1S/C15H15F3N2O/c1-8(2)21-14-7-13(11(19)6-10(14)17)20-12-5-3-4-9(16)15(12)18/h3-8,20H,19H2,1-2H3. The molecule has 3 N–H and O–H groups in total. The van der Waals surface area contributed by atoms with Crippen molar-refractivity contribution in [1.82, 2.24) is 0 Å². The number of anilines is 3. The minimum atomic E-state index is -1.03. The van der Waals surface area contributed by atoms with E-state index in [0.29, 0.717) is 0 Å². The predicted molar refractivity (Wildman–Crippen MR) is 76.2 cm³/mol. The Labute approximate surface area is 120 Å². The lowest BCUT2D eigenvalue weighted by Crippen LogP contribution is -2.08. The molecule has 0 atom stereocenters. The maximum atomic E-state index is 13.7. The molecule has 112 valence electrons. The molecule has 0 heterocycles. The molecule has 2 aromatic rings. The van der Waals surface area contributed by atoms with E-state index in [1.165, 1.54) is 18.2 Å². The van der Waals surface area contributed by atoms with Gasteiger partial charge in [-0.15, -0.1) is 0 Å². The number of nitrogen functional groups attached to an aromatic ring is 1. The van der Waals surface area contributed by atoms with Gasteiger partial charge in [0.2, 0.25) is 0 Å². The second-order valence-corrected chi connectivity index (χ2v) is 4.76. The highest BCUT2D eigenvalue weighted by molar-refractivity contribution is 5.74. The van der Waals surface area contributed by atoms with E-state index in [1.807, 2.05) is 0 Å². The Hall–Kier alpha value is -2.37. The highest BCUT2D eigenvalue weighted by Crippen LogP contribution is 2.32. The lowest BCUT2D eigenvalue weighted by atomic mass is 10.2. The number of hydrogen-bond donors (Lipinski definition) is 2. The SMILES string of the molecule is CC(C)Oc1cc(Nc2cccc(F)c2F)c(N)cc1F. The zero-order chi connectivity index (χ0) is 15.6. The molecule has 3 nitrogen and oxygen atoms in total. The number of rotatable bonds is 4. The van der Waals surface area contributed by atoms with E-state index in [1.54, 1.807) is 13.8 Å². The third-order valence-electron chi connectivity index (χ3n) is 2.69. The van der Waals surface area contributed by atoms with Crippen LogP contribution in [0, 0.1) is 17.5 Å². The molecule has 0 bridgehead atoms. The second kappa shape index (κ2) is 5.95. The predicted octanol–water partition coefficient (Wildman–Crippen LogP) is 4.22. The quantitative estimate of drug-likeness (QED) is 0.831. The summed E-state index contributed by atoms with van der Waals surface area (Å²) in [6, 6.07) is 6.09. The van der Waals surface area contributed by atoms with Crippen molar-refractivity contribution in [3.05, 3.63) is 47.8 Å². The van der Waals surface area contributed by atoms with Crippen LogP contribution in [0.1, 0.15) is 13.8 Å². The van der Waals surface area contributed by atoms with Crippen molar-refractivity contribution in [2.24, 2.45) is 0 Å². The first kappa shape index (κ1) is 15.0. The molecule has 0 amide bonds. The van der Waals surface area contributed by atoms with Crippen LogP contribution in [0.5, 0.6) is 5.75 Å². The van der Waals surface area contributed by atoms with Crippen molar-refractivity contribution in [3.63, 3.8) is 0 Å². The average molecular weight is 296 g/mol. The Bertz CT molecular complexity index is 660. The van der Waals surface area contributed by atoms with Crippen molar-refractivity contribution >= 4 is 17.1 Å². The molecule has 6 heteroatoms. The molecule has 0 radical (unpaired) electrons. The summed E-state index contributed by atoms with van der Waals surface area (Å²) in [7, 11) is 0. The maximum absolute atomic E-state index is 13.7. The van der Waals surface area contributed by atoms with Crippen LogP contribution in [0.25, 0.3) is 0 Å². The summed E-state index contributed by atoms with van der Waals surface area (Å²) < 4.78 is 45.8. The molecule has 0 fully saturated rings. The second-order valence-electron chi connectivity index (χ2n) is 4.76. The van der Waals surface area contributed by atoms with E-state index in [9.17, 15) is 13.2 Å². The summed E-state index contributed by atoms with van der Waals surface area (Å²) in [5.41, 5.74) is 5.88. The van der Waals surface area contributed by atoms with Crippen LogP contribution in [0.15, 0.2) is 30.3 Å². The van der Waals surface area contributed by atoms with Crippen molar-refractivity contribution in [2.45, 2.75) is 20.0 Å². The fraction of sp³-hybridized carbons (Fsp3) is 0.200. The summed E-state index contributed by atoms with van der Waals surface area (Å²) in [6.45, 7) is 3.49. The third-order valence-corrected chi connectivity index (χ3v) is 2.69. The summed E-state index contributed by atoms with van der Waals surface area (Å²) >= 11 is 0. The summed E-state index contributed by atoms with van der Waals surface area (Å²) in [5.74, 6) is -2.66. The van der Waals surface area contributed by atoms with Crippen molar-refractivity contribution < 1.29 is 17.9 Å². The molecule has 0 aliphatic rings. The Morgan fingerprint density at radius 2 is 1.76 bits per heavy atom. The largest absolute Gasteiger partial charge is 0.488 e. The molecule has 0 spiro atoms. The fourth-order valence-corrected chi connectivity index (χ4v) is 1.77. The van der Waals surface area contributed by atoms with Crippen LogP contribution >= 0.6 is 0 Å². The third kappa shape index (κ3) is 3.39. The zero-order valence-corrected chi connectivity index (χ0v) is 11.6. The van der Waals surface area contributed by atoms with E-state index in [0.717, 1.165) is 12.1 Å². The van der Waals surface area contributed by atoms with E-state index in [4.69, 9.17) is 10.5 Å². The first-order chi connectivity index (χ1) is 9.88. The van der Waals surface area contributed by atoms with E-state index >= 15 is 0 Å². The molecule has 0 aromatic heterocycles. The molecule has 21 heavy (non-hydrogen) atoms. The molecule has 0 saturated carbocycles. The Morgan fingerprint density at radius 3 is 2.43 bits per heavy atom. The van der Waals surface area contributed by atoms with Gasteiger partial charge in [-0.05, 0) is 26.0 Å². The zero-order valence-electron chi connectivity index (χ0n) is 11.6. The first-order valence-corrected chi connectivity index (χ1v) is 6.35. The maximum Gasteiger partial charge on any atom is 0.182 e. The van der Waals surface area contributed by atoms with Gasteiger partial charge < -0.3 is 15.8 Å². The van der Waals surface area contributed by atoms with Crippen LogP contribution in [-0.4, -0.2) is 6.10 Å². The van der Waals surface area contributed by atoms with Crippen molar-refractivity contribution in [2.75, 3.05) is 11.1 Å². The van der Waals surface area contributed by atoms with E-state index in [2.05, 4.69) is 5.32 Å². The molecule has 0 aliphatic heterocycles. The van der Waals surface area contributed by atoms with Crippen LogP contribution in [0.2, 0.25) is 0 Å². The van der Waals surface area contributed by atoms with Crippen molar-refractivity contribution in [1.29, 1.82) is 0 Å². The number of nitrogens with one attached hydrogen (secondary N) is 1. The van der Waals surface area contributed by atoms with Crippen LogP contribution in [0.4, 0.5) is 30.2 Å². The Morgan fingerprint density at radius 1 is 1.05 bits per heavy atom. The van der Waals surface area contributed by atoms with Gasteiger partial charge in [0.05, 0.1) is 23.2 Å². The van der Waals surface area contributed by atoms with Gasteiger partial charge in [0.25, 0.3) is 0 Å². The Balaban J connectivity index is 2.37. The molecule has 0 unspecified atom stereocenters. The number of halogens is 3. The summed E-state index contributed by atoms with van der Waals surface area (Å²) in [5, 5.41) is 2.64. The van der Waals surface area contributed by atoms with Gasteiger partial charge in [-0.2, -0.15) is 0 Å². The van der Waals surface area contributed by atoms with E-state index < -0.39 is 17.5 Å². The average Bonchev–Trinajstić information content (AvgIpc) is 2.40. The molecule has 0 aliphatic carbocycles. The summed E-state index contributed by atoms with van der Waals surface area (Å²) in [4.78, 5) is 0. The van der Waals surface area contributed by atoms with Gasteiger partial charge in [-0.25, -0.2) is 13.2 Å². The van der Waals surface area contributed by atoms with Gasteiger partial charge in [-0.3, -0.25) is 0 Å². The van der Waals surface area contributed by atoms with Gasteiger partial charge in [-0.1, -0.05) is 6.07 Å². The number of benzene rings is 2. The Kier molecular flexibility index (Phi) is 4.26. The highest BCUT2D eigenvalue weighted by atomic mass is 19.2. The van der Waals surface area contributed by atoms with E-state index in [-0.39, 0.29) is 28.9 Å². The topological polar surface area (TPSA) is 47.3 Å². The van der Waals surface area contributed by atoms with Crippen LogP contribution < -0.4 is 15.8 Å². The molecule has 2 rings (SSSR count). The van der Waals surface area contributed by atoms with Crippen LogP contribution in [-0.2, 0) is 0 Å². The number of ether oxygens (including phenoxy) is 1. The minimum Gasteiger partial charge on any atom is -0.488 e. The normalized spacial score (nSPS) is 10.8. The molecule has 2 aromatic carbocycles. The van der Waals surface area contributed by atoms with Gasteiger partial charge in [0.1, 0.15) is 0 Å². The molecular formula is C15H15F3N2O. The molecule has 0 saturated heterocycles. The van der Waals surface area contributed by atoms with Crippen molar-refractivity contribution in [3.8, 4) is 5.75 Å².